The third-order valence-corrected chi connectivity index (χ3v) is 3.49. The molecule has 2 heterocycles. The number of carbonyl (C=O) groups is 1. The van der Waals surface area contributed by atoms with Gasteiger partial charge in [0.05, 0.1) is 12.1 Å². The van der Waals surface area contributed by atoms with E-state index in [1.54, 1.807) is 0 Å². The molecule has 0 saturated carbocycles. The molecule has 2 unspecified atom stereocenters. The monoisotopic (exact) mass is 251 g/mol. The van der Waals surface area contributed by atoms with Crippen molar-refractivity contribution in [2.75, 3.05) is 6.54 Å². The Morgan fingerprint density at radius 3 is 3.06 bits per heavy atom. The van der Waals surface area contributed by atoms with Gasteiger partial charge in [0.1, 0.15) is 5.76 Å². The number of piperidine rings is 1. The molecule has 2 atom stereocenters. The molecule has 18 heavy (non-hydrogen) atoms. The van der Waals surface area contributed by atoms with Crippen molar-refractivity contribution < 1.29 is 9.32 Å². The first kappa shape index (κ1) is 13.1. The molecule has 0 bridgehead atoms. The van der Waals surface area contributed by atoms with Gasteiger partial charge in [-0.2, -0.15) is 0 Å². The summed E-state index contributed by atoms with van der Waals surface area (Å²) in [6.45, 7) is 4.60. The predicted octanol–water partition coefficient (Wildman–Crippen LogP) is 1.25. The van der Waals surface area contributed by atoms with Gasteiger partial charge in [0.25, 0.3) is 0 Å². The Hall–Kier alpha value is -1.36. The Bertz CT molecular complexity index is 414. The maximum absolute atomic E-state index is 12.3. The number of aryl methyl sites for hydroxylation is 1. The highest BCUT2D eigenvalue weighted by molar-refractivity contribution is 5.78. The smallest absolute Gasteiger partial charge is 0.229 e. The summed E-state index contributed by atoms with van der Waals surface area (Å²) in [4.78, 5) is 14.2. The maximum Gasteiger partial charge on any atom is 0.229 e. The summed E-state index contributed by atoms with van der Waals surface area (Å²) in [6, 6.07) is 2.00. The zero-order valence-corrected chi connectivity index (χ0v) is 11.1. The SMILES string of the molecule is Cc1cc(CC(=O)N2CCCCC2C(C)N)no1. The fourth-order valence-corrected chi connectivity index (χ4v) is 2.57. The fraction of sp³-hybridized carbons (Fsp3) is 0.692. The van der Waals surface area contributed by atoms with Gasteiger partial charge in [0.2, 0.25) is 5.91 Å². The van der Waals surface area contributed by atoms with E-state index in [1.165, 1.54) is 0 Å². The van der Waals surface area contributed by atoms with Gasteiger partial charge in [0, 0.05) is 24.7 Å². The van der Waals surface area contributed by atoms with Crippen molar-refractivity contribution in [1.82, 2.24) is 10.1 Å². The van der Waals surface area contributed by atoms with Gasteiger partial charge in [-0.15, -0.1) is 0 Å². The average molecular weight is 251 g/mol. The van der Waals surface area contributed by atoms with Gasteiger partial charge < -0.3 is 15.2 Å². The molecule has 1 amide bonds. The molecule has 0 spiro atoms. The Kier molecular flexibility index (Phi) is 4.01. The second kappa shape index (κ2) is 5.52. The lowest BCUT2D eigenvalue weighted by molar-refractivity contribution is -0.134. The molecule has 1 fully saturated rings. The molecule has 2 rings (SSSR count). The molecule has 0 aliphatic carbocycles. The summed E-state index contributed by atoms with van der Waals surface area (Å²) in [6.07, 6.45) is 3.52. The Morgan fingerprint density at radius 2 is 2.44 bits per heavy atom. The fourth-order valence-electron chi connectivity index (χ4n) is 2.57. The number of hydrogen-bond acceptors (Lipinski definition) is 4. The van der Waals surface area contributed by atoms with Crippen LogP contribution in [0.1, 0.15) is 37.6 Å². The first-order chi connectivity index (χ1) is 8.58. The van der Waals surface area contributed by atoms with E-state index < -0.39 is 0 Å². The summed E-state index contributed by atoms with van der Waals surface area (Å²) in [7, 11) is 0. The van der Waals surface area contributed by atoms with E-state index in [0.29, 0.717) is 12.1 Å². The molecule has 5 heteroatoms. The first-order valence-electron chi connectivity index (χ1n) is 6.55. The predicted molar refractivity (Wildman–Crippen MR) is 67.9 cm³/mol. The van der Waals surface area contributed by atoms with Gasteiger partial charge in [-0.1, -0.05) is 5.16 Å². The van der Waals surface area contributed by atoms with Crippen LogP contribution in [0.5, 0.6) is 0 Å². The number of rotatable bonds is 3. The molecule has 1 aliphatic heterocycles. The van der Waals surface area contributed by atoms with Crippen molar-refractivity contribution in [1.29, 1.82) is 0 Å². The Labute approximate surface area is 107 Å². The largest absolute Gasteiger partial charge is 0.361 e. The highest BCUT2D eigenvalue weighted by atomic mass is 16.5. The highest BCUT2D eigenvalue weighted by Crippen LogP contribution is 2.20. The molecule has 2 N–H and O–H groups in total. The summed E-state index contributed by atoms with van der Waals surface area (Å²) in [5.41, 5.74) is 6.67. The van der Waals surface area contributed by atoms with Gasteiger partial charge >= 0.3 is 0 Å². The standard InChI is InChI=1S/C13H21N3O2/c1-9-7-11(15-18-9)8-13(17)16-6-4-3-5-12(16)10(2)14/h7,10,12H,3-6,8,14H2,1-2H3. The number of hydrogen-bond donors (Lipinski definition) is 1. The number of nitrogens with two attached hydrogens (primary N) is 1. The van der Waals surface area contributed by atoms with Crippen LogP contribution in [0, 0.1) is 6.92 Å². The Balaban J connectivity index is 2.02. The molecular formula is C13H21N3O2. The number of nitrogens with zero attached hydrogens (tertiary/aromatic N) is 2. The first-order valence-corrected chi connectivity index (χ1v) is 6.55. The zero-order valence-electron chi connectivity index (χ0n) is 11.1. The summed E-state index contributed by atoms with van der Waals surface area (Å²) < 4.78 is 4.98. The molecule has 1 saturated heterocycles. The van der Waals surface area contributed by atoms with Crippen LogP contribution >= 0.6 is 0 Å². The van der Waals surface area contributed by atoms with E-state index in [4.69, 9.17) is 10.3 Å². The Morgan fingerprint density at radius 1 is 1.67 bits per heavy atom. The van der Waals surface area contributed by atoms with Crippen LogP contribution in [-0.2, 0) is 11.2 Å². The van der Waals surface area contributed by atoms with Gasteiger partial charge in [-0.05, 0) is 33.1 Å². The van der Waals surface area contributed by atoms with E-state index in [1.807, 2.05) is 24.8 Å². The van der Waals surface area contributed by atoms with Crippen LogP contribution in [0.2, 0.25) is 0 Å². The molecule has 0 radical (unpaired) electrons. The van der Waals surface area contributed by atoms with Gasteiger partial charge in [0.15, 0.2) is 0 Å². The van der Waals surface area contributed by atoms with Crippen molar-refractivity contribution in [2.24, 2.45) is 5.73 Å². The summed E-state index contributed by atoms with van der Waals surface area (Å²) >= 11 is 0. The molecule has 5 nitrogen and oxygen atoms in total. The van der Waals surface area contributed by atoms with Gasteiger partial charge in [-0.25, -0.2) is 0 Å². The highest BCUT2D eigenvalue weighted by Gasteiger charge is 2.29. The minimum absolute atomic E-state index is 0.0216. The van der Waals surface area contributed by atoms with Crippen LogP contribution in [-0.4, -0.2) is 34.6 Å². The maximum atomic E-state index is 12.3. The minimum atomic E-state index is 0.0216. The van der Waals surface area contributed by atoms with Gasteiger partial charge in [-0.3, -0.25) is 4.79 Å². The second-order valence-electron chi connectivity index (χ2n) is 5.12. The lowest BCUT2D eigenvalue weighted by atomic mass is 9.96. The van der Waals surface area contributed by atoms with Crippen molar-refractivity contribution in [3.05, 3.63) is 17.5 Å². The van der Waals surface area contributed by atoms with Crippen LogP contribution in [0.25, 0.3) is 0 Å². The van der Waals surface area contributed by atoms with E-state index in [2.05, 4.69) is 5.16 Å². The number of aromatic nitrogens is 1. The van der Waals surface area contributed by atoms with Crippen LogP contribution < -0.4 is 5.73 Å². The third-order valence-electron chi connectivity index (χ3n) is 3.49. The average Bonchev–Trinajstić information content (AvgIpc) is 2.74. The third kappa shape index (κ3) is 2.90. The molecule has 1 aromatic rings. The topological polar surface area (TPSA) is 72.4 Å². The number of carbonyl (C=O) groups excluding carboxylic acids is 1. The van der Waals surface area contributed by atoms with Crippen molar-refractivity contribution in [3.63, 3.8) is 0 Å². The lowest BCUT2D eigenvalue weighted by Gasteiger charge is -2.38. The number of amides is 1. The van der Waals surface area contributed by atoms with Crippen LogP contribution in [0.3, 0.4) is 0 Å². The molecule has 100 valence electrons. The zero-order chi connectivity index (χ0) is 13.1. The van der Waals surface area contributed by atoms with Crippen molar-refractivity contribution >= 4 is 5.91 Å². The summed E-state index contributed by atoms with van der Waals surface area (Å²) in [5.74, 6) is 0.838. The lowest BCUT2D eigenvalue weighted by Crippen LogP contribution is -2.52. The van der Waals surface area contributed by atoms with E-state index in [-0.39, 0.29) is 18.0 Å². The number of likely N-dealkylation sites (tertiary alicyclic amines) is 1. The van der Waals surface area contributed by atoms with E-state index in [0.717, 1.165) is 31.6 Å². The second-order valence-corrected chi connectivity index (χ2v) is 5.12. The van der Waals surface area contributed by atoms with E-state index >= 15 is 0 Å². The molecule has 1 aromatic heterocycles. The molecule has 1 aliphatic rings. The van der Waals surface area contributed by atoms with Crippen LogP contribution in [0.15, 0.2) is 10.6 Å². The van der Waals surface area contributed by atoms with E-state index in [9.17, 15) is 4.79 Å². The minimum Gasteiger partial charge on any atom is -0.361 e. The van der Waals surface area contributed by atoms with Crippen LogP contribution in [0.4, 0.5) is 0 Å². The molecular weight excluding hydrogens is 230 g/mol. The van der Waals surface area contributed by atoms with Crippen molar-refractivity contribution in [2.45, 2.75) is 51.6 Å². The molecule has 0 aromatic carbocycles. The normalized spacial score (nSPS) is 21.9. The summed E-state index contributed by atoms with van der Waals surface area (Å²) in [5, 5.41) is 3.87. The quantitative estimate of drug-likeness (QED) is 0.877. The van der Waals surface area contributed by atoms with Crippen molar-refractivity contribution in [3.8, 4) is 0 Å².